The van der Waals surface area contributed by atoms with E-state index >= 15 is 0 Å². The summed E-state index contributed by atoms with van der Waals surface area (Å²) in [5, 5.41) is 7.46. The Morgan fingerprint density at radius 3 is 2.35 bits per heavy atom. The molecule has 4 nitrogen and oxygen atoms in total. The highest BCUT2D eigenvalue weighted by molar-refractivity contribution is 5.79. The van der Waals surface area contributed by atoms with Crippen molar-refractivity contribution in [3.8, 4) is 5.69 Å². The Morgan fingerprint density at radius 1 is 1.04 bits per heavy atom. The topological polar surface area (TPSA) is 46.9 Å². The molecule has 3 rings (SSSR count). The van der Waals surface area contributed by atoms with Crippen LogP contribution in [0.5, 0.6) is 0 Å². The molecule has 0 saturated heterocycles. The van der Waals surface area contributed by atoms with Crippen LogP contribution in [0, 0.1) is 26.6 Å². The third-order valence-electron chi connectivity index (χ3n) is 4.46. The number of nitrogens with zero attached hydrogens (tertiary/aromatic N) is 2. The molecule has 0 saturated carbocycles. The minimum atomic E-state index is -0.286. The molecule has 2 aromatic carbocycles. The summed E-state index contributed by atoms with van der Waals surface area (Å²) < 4.78 is 14.9. The first kappa shape index (κ1) is 17.9. The van der Waals surface area contributed by atoms with Crippen LogP contribution in [0.2, 0.25) is 0 Å². The van der Waals surface area contributed by atoms with E-state index in [9.17, 15) is 9.18 Å². The lowest BCUT2D eigenvalue weighted by Gasteiger charge is -2.07. The van der Waals surface area contributed by atoms with Gasteiger partial charge in [0.2, 0.25) is 5.91 Å². The lowest BCUT2D eigenvalue weighted by Crippen LogP contribution is -2.25. The number of amides is 1. The third-order valence-corrected chi connectivity index (χ3v) is 4.46. The highest BCUT2D eigenvalue weighted by atomic mass is 19.1. The lowest BCUT2D eigenvalue weighted by molar-refractivity contribution is -0.120. The second kappa shape index (κ2) is 7.52. The van der Waals surface area contributed by atoms with E-state index in [1.165, 1.54) is 17.7 Å². The minimum absolute atomic E-state index is 0.0459. The van der Waals surface area contributed by atoms with E-state index < -0.39 is 0 Å². The number of rotatable bonds is 5. The molecule has 0 aliphatic heterocycles. The lowest BCUT2D eigenvalue weighted by atomic mass is 10.1. The Kier molecular flexibility index (Phi) is 5.16. The summed E-state index contributed by atoms with van der Waals surface area (Å²) in [5.41, 5.74) is 5.63. The Labute approximate surface area is 152 Å². The van der Waals surface area contributed by atoms with Crippen molar-refractivity contribution in [3.63, 3.8) is 0 Å². The van der Waals surface area contributed by atoms with Crippen molar-refractivity contribution < 1.29 is 9.18 Å². The summed E-state index contributed by atoms with van der Waals surface area (Å²) in [6.45, 7) is 6.34. The van der Waals surface area contributed by atoms with Crippen molar-refractivity contribution in [1.82, 2.24) is 15.1 Å². The van der Waals surface area contributed by atoms with Crippen LogP contribution in [0.4, 0.5) is 4.39 Å². The Balaban J connectivity index is 1.70. The van der Waals surface area contributed by atoms with E-state index in [1.807, 2.05) is 45.0 Å². The van der Waals surface area contributed by atoms with Crippen molar-refractivity contribution in [3.05, 3.63) is 82.4 Å². The number of halogens is 1. The third kappa shape index (κ3) is 3.99. The van der Waals surface area contributed by atoms with Gasteiger partial charge >= 0.3 is 0 Å². The summed E-state index contributed by atoms with van der Waals surface area (Å²) in [5.74, 6) is -0.332. The molecule has 1 aromatic heterocycles. The van der Waals surface area contributed by atoms with E-state index in [0.29, 0.717) is 6.54 Å². The molecule has 26 heavy (non-hydrogen) atoms. The Morgan fingerprint density at radius 2 is 1.69 bits per heavy atom. The summed E-state index contributed by atoms with van der Waals surface area (Å²) in [6, 6.07) is 14.2. The molecule has 0 aliphatic rings. The van der Waals surface area contributed by atoms with Crippen molar-refractivity contribution in [2.75, 3.05) is 0 Å². The molecule has 1 amide bonds. The smallest absolute Gasteiger partial charge is 0.224 e. The predicted octanol–water partition coefficient (Wildman–Crippen LogP) is 3.80. The molecular weight excluding hydrogens is 329 g/mol. The molecular formula is C21H22FN3O. The minimum Gasteiger partial charge on any atom is -0.352 e. The zero-order valence-electron chi connectivity index (χ0n) is 15.2. The molecule has 0 bridgehead atoms. The molecule has 0 atom stereocenters. The van der Waals surface area contributed by atoms with E-state index in [4.69, 9.17) is 0 Å². The molecule has 1 heterocycles. The first-order chi connectivity index (χ1) is 12.4. The van der Waals surface area contributed by atoms with Crippen LogP contribution in [0.25, 0.3) is 5.69 Å². The number of carbonyl (C=O) groups excluding carboxylic acids is 1. The van der Waals surface area contributed by atoms with E-state index in [1.54, 1.807) is 16.8 Å². The number of benzene rings is 2. The second-order valence-corrected chi connectivity index (χ2v) is 6.48. The van der Waals surface area contributed by atoms with Crippen LogP contribution < -0.4 is 5.32 Å². The SMILES string of the molecule is Cc1ccc(CNC(=O)Cc2c(C)nn(-c3ccc(F)cc3)c2C)cc1. The van der Waals surface area contributed by atoms with Crippen LogP contribution in [0.3, 0.4) is 0 Å². The highest BCUT2D eigenvalue weighted by Crippen LogP contribution is 2.19. The van der Waals surface area contributed by atoms with Gasteiger partial charge in [-0.3, -0.25) is 4.79 Å². The van der Waals surface area contributed by atoms with Crippen molar-refractivity contribution in [2.45, 2.75) is 33.7 Å². The van der Waals surface area contributed by atoms with Crippen molar-refractivity contribution >= 4 is 5.91 Å². The molecule has 1 N–H and O–H groups in total. The van der Waals surface area contributed by atoms with Gasteiger partial charge in [-0.1, -0.05) is 29.8 Å². The zero-order chi connectivity index (χ0) is 18.7. The first-order valence-electron chi connectivity index (χ1n) is 8.57. The number of aryl methyl sites for hydroxylation is 2. The van der Waals surface area contributed by atoms with Gasteiger partial charge in [0.15, 0.2) is 0 Å². The van der Waals surface area contributed by atoms with Crippen LogP contribution in [0.1, 0.15) is 28.1 Å². The second-order valence-electron chi connectivity index (χ2n) is 6.48. The van der Waals surface area contributed by atoms with Gasteiger partial charge in [0, 0.05) is 17.8 Å². The van der Waals surface area contributed by atoms with Gasteiger partial charge in [-0.05, 0) is 50.6 Å². The average Bonchev–Trinajstić information content (AvgIpc) is 2.90. The van der Waals surface area contributed by atoms with E-state index in [0.717, 1.165) is 28.2 Å². The Bertz CT molecular complexity index is 912. The van der Waals surface area contributed by atoms with Gasteiger partial charge in [-0.25, -0.2) is 9.07 Å². The highest BCUT2D eigenvalue weighted by Gasteiger charge is 2.16. The van der Waals surface area contributed by atoms with Crippen LogP contribution >= 0.6 is 0 Å². The van der Waals surface area contributed by atoms with Crippen molar-refractivity contribution in [2.24, 2.45) is 0 Å². The summed E-state index contributed by atoms with van der Waals surface area (Å²) in [4.78, 5) is 12.3. The van der Waals surface area contributed by atoms with Crippen LogP contribution in [-0.4, -0.2) is 15.7 Å². The molecule has 0 aliphatic carbocycles. The average molecular weight is 351 g/mol. The normalized spacial score (nSPS) is 10.8. The van der Waals surface area contributed by atoms with Crippen LogP contribution in [0.15, 0.2) is 48.5 Å². The maximum absolute atomic E-state index is 13.1. The van der Waals surface area contributed by atoms with E-state index in [-0.39, 0.29) is 18.1 Å². The van der Waals surface area contributed by atoms with Gasteiger partial charge in [0.25, 0.3) is 0 Å². The predicted molar refractivity (Wildman–Crippen MR) is 99.7 cm³/mol. The number of nitrogens with one attached hydrogen (secondary N) is 1. The largest absolute Gasteiger partial charge is 0.352 e. The number of hydrogen-bond donors (Lipinski definition) is 1. The number of carbonyl (C=O) groups is 1. The quantitative estimate of drug-likeness (QED) is 0.760. The molecule has 134 valence electrons. The fourth-order valence-electron chi connectivity index (χ4n) is 2.89. The summed E-state index contributed by atoms with van der Waals surface area (Å²) in [7, 11) is 0. The van der Waals surface area contributed by atoms with Gasteiger partial charge in [0.05, 0.1) is 17.8 Å². The van der Waals surface area contributed by atoms with Gasteiger partial charge < -0.3 is 5.32 Å². The van der Waals surface area contributed by atoms with Crippen LogP contribution in [-0.2, 0) is 17.8 Å². The summed E-state index contributed by atoms with van der Waals surface area (Å²) in [6.07, 6.45) is 0.269. The monoisotopic (exact) mass is 351 g/mol. The fourth-order valence-corrected chi connectivity index (χ4v) is 2.89. The molecule has 0 fully saturated rings. The van der Waals surface area contributed by atoms with Gasteiger partial charge in [-0.15, -0.1) is 0 Å². The number of aromatic nitrogens is 2. The molecule has 5 heteroatoms. The maximum atomic E-state index is 13.1. The Hall–Kier alpha value is -2.95. The van der Waals surface area contributed by atoms with Crippen molar-refractivity contribution in [1.29, 1.82) is 0 Å². The number of hydrogen-bond acceptors (Lipinski definition) is 2. The molecule has 3 aromatic rings. The molecule has 0 radical (unpaired) electrons. The first-order valence-corrected chi connectivity index (χ1v) is 8.57. The maximum Gasteiger partial charge on any atom is 0.224 e. The standard InChI is InChI=1S/C21H22FN3O/c1-14-4-6-17(7-5-14)13-23-21(26)12-20-15(2)24-25(16(20)3)19-10-8-18(22)9-11-19/h4-11H,12-13H2,1-3H3,(H,23,26). The zero-order valence-corrected chi connectivity index (χ0v) is 15.2. The van der Waals surface area contributed by atoms with Gasteiger partial charge in [-0.2, -0.15) is 5.10 Å². The van der Waals surface area contributed by atoms with Gasteiger partial charge in [0.1, 0.15) is 5.82 Å². The molecule has 0 spiro atoms. The summed E-state index contributed by atoms with van der Waals surface area (Å²) >= 11 is 0. The molecule has 0 unspecified atom stereocenters. The van der Waals surface area contributed by atoms with E-state index in [2.05, 4.69) is 10.4 Å². The fraction of sp³-hybridized carbons (Fsp3) is 0.238.